The van der Waals surface area contributed by atoms with Crippen LogP contribution < -0.4 is 10.6 Å². The normalized spacial score (nSPS) is 23.0. The summed E-state index contributed by atoms with van der Waals surface area (Å²) in [5.74, 6) is 0. The van der Waals surface area contributed by atoms with Crippen molar-refractivity contribution < 1.29 is 9.53 Å². The summed E-state index contributed by atoms with van der Waals surface area (Å²) in [5, 5.41) is 6.58. The topological polar surface area (TPSA) is 53.6 Å². The van der Waals surface area contributed by atoms with Crippen LogP contribution in [-0.2, 0) is 4.74 Å². The van der Waals surface area contributed by atoms with Gasteiger partial charge in [-0.3, -0.25) is 4.90 Å². The summed E-state index contributed by atoms with van der Waals surface area (Å²) >= 11 is 0. The number of likely N-dealkylation sites (tertiary alicyclic amines) is 1. The Hall–Kier alpha value is -0.810. The Morgan fingerprint density at radius 3 is 2.28 bits per heavy atom. The lowest BCUT2D eigenvalue weighted by atomic mass is 9.79. The fourth-order valence-electron chi connectivity index (χ4n) is 4.17. The standard InChI is InChI=1S/C20H39N3O2/c1-17(15-21-18(24)25-19(2,3)4)22-16-20(11-7-5-8-12-20)23-13-9-6-10-14-23/h17,22H,5-16H2,1-4H3,(H,21,24). The molecule has 1 amide bonds. The second kappa shape index (κ2) is 9.22. The average molecular weight is 354 g/mol. The Bertz CT molecular complexity index is 408. The molecule has 0 aromatic heterocycles. The molecule has 2 N–H and O–H groups in total. The third-order valence-electron chi connectivity index (χ3n) is 5.54. The van der Waals surface area contributed by atoms with Crippen LogP contribution in [0.5, 0.6) is 0 Å². The number of hydrogen-bond acceptors (Lipinski definition) is 4. The third kappa shape index (κ3) is 6.78. The lowest BCUT2D eigenvalue weighted by Gasteiger charge is -2.49. The van der Waals surface area contributed by atoms with Gasteiger partial charge < -0.3 is 15.4 Å². The van der Waals surface area contributed by atoms with Crippen molar-refractivity contribution in [2.24, 2.45) is 0 Å². The molecule has 146 valence electrons. The summed E-state index contributed by atoms with van der Waals surface area (Å²) in [6.07, 6.45) is 10.4. The summed E-state index contributed by atoms with van der Waals surface area (Å²) in [5.41, 5.74) is -0.111. The number of rotatable bonds is 6. The van der Waals surface area contributed by atoms with Gasteiger partial charge in [0.15, 0.2) is 0 Å². The highest BCUT2D eigenvalue weighted by Crippen LogP contribution is 2.35. The molecule has 1 saturated carbocycles. The van der Waals surface area contributed by atoms with E-state index in [0.717, 1.165) is 6.54 Å². The highest BCUT2D eigenvalue weighted by molar-refractivity contribution is 5.67. The molecule has 1 aliphatic carbocycles. The van der Waals surface area contributed by atoms with Gasteiger partial charge in [0.25, 0.3) is 0 Å². The van der Waals surface area contributed by atoms with Crippen molar-refractivity contribution in [3.05, 3.63) is 0 Å². The first-order valence-electron chi connectivity index (χ1n) is 10.3. The van der Waals surface area contributed by atoms with Crippen molar-refractivity contribution in [1.82, 2.24) is 15.5 Å². The van der Waals surface area contributed by atoms with Gasteiger partial charge in [-0.15, -0.1) is 0 Å². The van der Waals surface area contributed by atoms with Crippen LogP contribution in [-0.4, -0.2) is 54.4 Å². The van der Waals surface area contributed by atoms with E-state index in [1.807, 2.05) is 20.8 Å². The highest BCUT2D eigenvalue weighted by atomic mass is 16.6. The molecule has 2 rings (SSSR count). The first-order valence-corrected chi connectivity index (χ1v) is 10.3. The molecule has 0 spiro atoms. The molecule has 1 unspecified atom stereocenters. The van der Waals surface area contributed by atoms with Crippen LogP contribution in [0.3, 0.4) is 0 Å². The lowest BCUT2D eigenvalue weighted by molar-refractivity contribution is 0.0313. The quantitative estimate of drug-likeness (QED) is 0.765. The Morgan fingerprint density at radius 2 is 1.68 bits per heavy atom. The van der Waals surface area contributed by atoms with Crippen LogP contribution in [0.2, 0.25) is 0 Å². The van der Waals surface area contributed by atoms with Crippen LogP contribution >= 0.6 is 0 Å². The van der Waals surface area contributed by atoms with Gasteiger partial charge in [-0.1, -0.05) is 25.7 Å². The number of nitrogens with one attached hydrogen (secondary N) is 2. The number of carbonyl (C=O) groups excluding carboxylic acids is 1. The van der Waals surface area contributed by atoms with Crippen molar-refractivity contribution in [2.75, 3.05) is 26.2 Å². The zero-order valence-corrected chi connectivity index (χ0v) is 16.8. The second-order valence-corrected chi connectivity index (χ2v) is 9.00. The van der Waals surface area contributed by atoms with E-state index >= 15 is 0 Å². The maximum atomic E-state index is 11.8. The lowest BCUT2D eigenvalue weighted by Crippen LogP contribution is -2.59. The molecule has 1 aliphatic heterocycles. The van der Waals surface area contributed by atoms with E-state index in [0.29, 0.717) is 12.1 Å². The minimum absolute atomic E-state index is 0.246. The molecule has 2 aliphatic rings. The number of amides is 1. The van der Waals surface area contributed by atoms with Gasteiger partial charge >= 0.3 is 6.09 Å². The summed E-state index contributed by atoms with van der Waals surface area (Å²) in [7, 11) is 0. The van der Waals surface area contributed by atoms with E-state index in [1.165, 1.54) is 64.5 Å². The zero-order chi connectivity index (χ0) is 18.3. The minimum atomic E-state index is -0.443. The molecule has 5 nitrogen and oxygen atoms in total. The number of hydrogen-bond donors (Lipinski definition) is 2. The minimum Gasteiger partial charge on any atom is -0.444 e. The van der Waals surface area contributed by atoms with Crippen molar-refractivity contribution >= 4 is 6.09 Å². The van der Waals surface area contributed by atoms with Crippen molar-refractivity contribution in [3.8, 4) is 0 Å². The van der Waals surface area contributed by atoms with Crippen LogP contribution in [0, 0.1) is 0 Å². The average Bonchev–Trinajstić information content (AvgIpc) is 2.58. The van der Waals surface area contributed by atoms with Crippen LogP contribution in [0.4, 0.5) is 4.79 Å². The SMILES string of the molecule is CC(CNC(=O)OC(C)(C)C)NCC1(N2CCCCC2)CCCCC1. The number of nitrogens with zero attached hydrogens (tertiary/aromatic N) is 1. The highest BCUT2D eigenvalue weighted by Gasteiger charge is 2.38. The number of carbonyl (C=O) groups is 1. The summed E-state index contributed by atoms with van der Waals surface area (Å²) in [6.45, 7) is 12.0. The molecule has 0 aromatic carbocycles. The smallest absolute Gasteiger partial charge is 0.407 e. The fourth-order valence-corrected chi connectivity index (χ4v) is 4.17. The molecule has 25 heavy (non-hydrogen) atoms. The Morgan fingerprint density at radius 1 is 1.08 bits per heavy atom. The molecule has 0 bridgehead atoms. The molecule has 1 heterocycles. The van der Waals surface area contributed by atoms with Gasteiger partial charge in [-0.05, 0) is 66.5 Å². The third-order valence-corrected chi connectivity index (χ3v) is 5.54. The maximum Gasteiger partial charge on any atom is 0.407 e. The van der Waals surface area contributed by atoms with Gasteiger partial charge in [-0.25, -0.2) is 4.79 Å². The summed E-state index contributed by atoms with van der Waals surface area (Å²) in [6, 6.07) is 0.246. The van der Waals surface area contributed by atoms with E-state index in [-0.39, 0.29) is 12.1 Å². The van der Waals surface area contributed by atoms with Crippen LogP contribution in [0.25, 0.3) is 0 Å². The number of ether oxygens (including phenoxy) is 1. The molecule has 5 heteroatoms. The Kier molecular flexibility index (Phi) is 7.56. The summed E-state index contributed by atoms with van der Waals surface area (Å²) in [4.78, 5) is 14.6. The van der Waals surface area contributed by atoms with Crippen molar-refractivity contribution in [2.45, 2.75) is 96.2 Å². The first kappa shape index (κ1) is 20.5. The molecular weight excluding hydrogens is 314 g/mol. The Balaban J connectivity index is 1.80. The van der Waals surface area contributed by atoms with Gasteiger partial charge in [0.05, 0.1) is 0 Å². The van der Waals surface area contributed by atoms with Gasteiger partial charge in [0.2, 0.25) is 0 Å². The van der Waals surface area contributed by atoms with E-state index in [9.17, 15) is 4.79 Å². The van der Waals surface area contributed by atoms with Crippen molar-refractivity contribution in [1.29, 1.82) is 0 Å². The van der Waals surface area contributed by atoms with Crippen LogP contribution in [0.15, 0.2) is 0 Å². The predicted octanol–water partition coefficient (Wildman–Crippen LogP) is 3.68. The van der Waals surface area contributed by atoms with E-state index in [1.54, 1.807) is 0 Å². The Labute approximate surface area is 154 Å². The van der Waals surface area contributed by atoms with E-state index in [2.05, 4.69) is 22.5 Å². The predicted molar refractivity (Wildman–Crippen MR) is 103 cm³/mol. The number of alkyl carbamates (subject to hydrolysis) is 1. The largest absolute Gasteiger partial charge is 0.444 e. The summed E-state index contributed by atoms with van der Waals surface area (Å²) < 4.78 is 5.31. The monoisotopic (exact) mass is 353 g/mol. The molecule has 1 saturated heterocycles. The van der Waals surface area contributed by atoms with E-state index in [4.69, 9.17) is 4.74 Å². The van der Waals surface area contributed by atoms with Gasteiger partial charge in [0.1, 0.15) is 5.60 Å². The molecular formula is C20H39N3O2. The van der Waals surface area contributed by atoms with Gasteiger partial charge in [-0.2, -0.15) is 0 Å². The maximum absolute atomic E-state index is 11.8. The zero-order valence-electron chi connectivity index (χ0n) is 16.8. The second-order valence-electron chi connectivity index (χ2n) is 9.00. The molecule has 2 fully saturated rings. The van der Waals surface area contributed by atoms with E-state index < -0.39 is 5.60 Å². The molecule has 0 aromatic rings. The fraction of sp³-hybridized carbons (Fsp3) is 0.950. The molecule has 1 atom stereocenters. The van der Waals surface area contributed by atoms with Crippen molar-refractivity contribution in [3.63, 3.8) is 0 Å². The van der Waals surface area contributed by atoms with Gasteiger partial charge in [0, 0.05) is 24.7 Å². The molecule has 0 radical (unpaired) electrons. The first-order chi connectivity index (χ1) is 11.8. The van der Waals surface area contributed by atoms with Crippen LogP contribution in [0.1, 0.15) is 79.1 Å². The number of piperidine rings is 1.